The van der Waals surface area contributed by atoms with Crippen LogP contribution in [-0.2, 0) is 9.59 Å². The number of benzene rings is 2. The molecule has 1 heterocycles. The maximum atomic E-state index is 13.0. The van der Waals surface area contributed by atoms with E-state index in [0.717, 1.165) is 12.0 Å². The van der Waals surface area contributed by atoms with Crippen molar-refractivity contribution in [1.82, 2.24) is 10.2 Å². The largest absolute Gasteiger partial charge is 0.350 e. The Labute approximate surface area is 181 Å². The highest BCUT2D eigenvalue weighted by Gasteiger charge is 2.28. The van der Waals surface area contributed by atoms with E-state index in [-0.39, 0.29) is 29.5 Å². The second-order valence-corrected chi connectivity index (χ2v) is 7.63. The molecule has 0 bridgehead atoms. The van der Waals surface area contributed by atoms with Crippen molar-refractivity contribution in [3.63, 3.8) is 0 Å². The molecule has 1 fully saturated rings. The zero-order valence-electron chi connectivity index (χ0n) is 17.6. The van der Waals surface area contributed by atoms with E-state index in [1.54, 1.807) is 18.2 Å². The summed E-state index contributed by atoms with van der Waals surface area (Å²) in [6.07, 6.45) is 4.89. The van der Waals surface area contributed by atoms with Gasteiger partial charge in [-0.05, 0) is 37.0 Å². The Hall–Kier alpha value is -3.48. The Kier molecular flexibility index (Phi) is 7.54. The van der Waals surface area contributed by atoms with Gasteiger partial charge in [0, 0.05) is 31.3 Å². The second-order valence-electron chi connectivity index (χ2n) is 7.63. The number of amides is 2. The SMILES string of the molecule is CCC(C(=O)N1CCC(NC(=O)C=Cc2ccccc2[N+](=O)[O-])CC1)c1ccccc1. The van der Waals surface area contributed by atoms with Crippen LogP contribution in [-0.4, -0.2) is 40.8 Å². The number of carbonyl (C=O) groups is 2. The van der Waals surface area contributed by atoms with Crippen LogP contribution in [0.4, 0.5) is 5.69 Å². The molecule has 0 aliphatic carbocycles. The number of hydrogen-bond acceptors (Lipinski definition) is 4. The van der Waals surface area contributed by atoms with Gasteiger partial charge >= 0.3 is 0 Å². The Morgan fingerprint density at radius 3 is 2.42 bits per heavy atom. The lowest BCUT2D eigenvalue weighted by Gasteiger charge is -2.34. The van der Waals surface area contributed by atoms with Crippen LogP contribution in [0.25, 0.3) is 6.08 Å². The van der Waals surface area contributed by atoms with E-state index in [0.29, 0.717) is 31.5 Å². The first-order chi connectivity index (χ1) is 15.0. The molecule has 162 valence electrons. The highest BCUT2D eigenvalue weighted by molar-refractivity contribution is 5.92. The third kappa shape index (κ3) is 5.78. The van der Waals surface area contributed by atoms with Crippen molar-refractivity contribution in [3.05, 3.63) is 81.9 Å². The van der Waals surface area contributed by atoms with Crippen LogP contribution in [0.3, 0.4) is 0 Å². The fourth-order valence-electron chi connectivity index (χ4n) is 3.91. The summed E-state index contributed by atoms with van der Waals surface area (Å²) in [5, 5.41) is 14.0. The van der Waals surface area contributed by atoms with Crippen molar-refractivity contribution in [2.75, 3.05) is 13.1 Å². The molecule has 0 spiro atoms. The van der Waals surface area contributed by atoms with E-state index < -0.39 is 4.92 Å². The minimum atomic E-state index is -0.469. The fourth-order valence-corrected chi connectivity index (χ4v) is 3.91. The molecule has 1 aliphatic rings. The number of piperidine rings is 1. The third-order valence-electron chi connectivity index (χ3n) is 5.61. The van der Waals surface area contributed by atoms with Gasteiger partial charge < -0.3 is 10.2 Å². The van der Waals surface area contributed by atoms with Gasteiger partial charge in [-0.25, -0.2) is 0 Å². The Morgan fingerprint density at radius 2 is 1.77 bits per heavy atom. The standard InChI is InChI=1S/C24H27N3O4/c1-2-21(18-8-4-3-5-9-18)24(29)26-16-14-20(15-17-26)25-23(28)13-12-19-10-6-7-11-22(19)27(30)31/h3-13,20-21H,2,14-17H2,1H3,(H,25,28). The smallest absolute Gasteiger partial charge is 0.276 e. The van der Waals surface area contributed by atoms with Gasteiger partial charge in [0.1, 0.15) is 0 Å². The number of para-hydroxylation sites is 1. The summed E-state index contributed by atoms with van der Waals surface area (Å²) in [5.74, 6) is -0.301. The van der Waals surface area contributed by atoms with Gasteiger partial charge in [0.15, 0.2) is 0 Å². The summed E-state index contributed by atoms with van der Waals surface area (Å²) in [7, 11) is 0. The Bertz CT molecular complexity index is 950. The highest BCUT2D eigenvalue weighted by atomic mass is 16.6. The minimum Gasteiger partial charge on any atom is -0.350 e. The van der Waals surface area contributed by atoms with Crippen LogP contribution in [0.5, 0.6) is 0 Å². The molecule has 0 saturated carbocycles. The quantitative estimate of drug-likeness (QED) is 0.417. The van der Waals surface area contributed by atoms with Crippen LogP contribution >= 0.6 is 0 Å². The topological polar surface area (TPSA) is 92.6 Å². The van der Waals surface area contributed by atoms with Crippen molar-refractivity contribution < 1.29 is 14.5 Å². The first-order valence-electron chi connectivity index (χ1n) is 10.5. The summed E-state index contributed by atoms with van der Waals surface area (Å²) >= 11 is 0. The number of nitro benzene ring substituents is 1. The van der Waals surface area contributed by atoms with Crippen LogP contribution in [0.15, 0.2) is 60.7 Å². The van der Waals surface area contributed by atoms with E-state index in [1.165, 1.54) is 18.2 Å². The summed E-state index contributed by atoms with van der Waals surface area (Å²) in [5.41, 5.74) is 1.38. The number of nitrogens with zero attached hydrogens (tertiary/aromatic N) is 2. The molecule has 7 heteroatoms. The van der Waals surface area contributed by atoms with E-state index >= 15 is 0 Å². The average Bonchev–Trinajstić information content (AvgIpc) is 2.79. The first kappa shape index (κ1) is 22.2. The molecule has 1 saturated heterocycles. The van der Waals surface area contributed by atoms with E-state index in [4.69, 9.17) is 0 Å². The molecule has 2 aromatic rings. The van der Waals surface area contributed by atoms with Gasteiger partial charge in [0.25, 0.3) is 5.69 Å². The summed E-state index contributed by atoms with van der Waals surface area (Å²) < 4.78 is 0. The predicted octanol–water partition coefficient (Wildman–Crippen LogP) is 3.91. The highest BCUT2D eigenvalue weighted by Crippen LogP contribution is 2.24. The lowest BCUT2D eigenvalue weighted by atomic mass is 9.93. The predicted molar refractivity (Wildman–Crippen MR) is 119 cm³/mol. The van der Waals surface area contributed by atoms with Gasteiger partial charge in [0.05, 0.1) is 16.4 Å². The molecule has 7 nitrogen and oxygen atoms in total. The van der Waals surface area contributed by atoms with Gasteiger partial charge in [0.2, 0.25) is 11.8 Å². The number of carbonyl (C=O) groups excluding carboxylic acids is 2. The molecule has 1 atom stereocenters. The molecule has 3 rings (SSSR count). The molecular formula is C24H27N3O4. The number of nitrogens with one attached hydrogen (secondary N) is 1. The zero-order valence-corrected chi connectivity index (χ0v) is 17.6. The summed E-state index contributed by atoms with van der Waals surface area (Å²) in [6, 6.07) is 16.1. The normalized spacial score (nSPS) is 15.6. The van der Waals surface area contributed by atoms with Crippen molar-refractivity contribution in [3.8, 4) is 0 Å². The van der Waals surface area contributed by atoms with Crippen LogP contribution < -0.4 is 5.32 Å². The molecule has 1 N–H and O–H groups in total. The maximum absolute atomic E-state index is 13.0. The number of nitro groups is 1. The lowest BCUT2D eigenvalue weighted by molar-refractivity contribution is -0.385. The molecular weight excluding hydrogens is 394 g/mol. The van der Waals surface area contributed by atoms with E-state index in [9.17, 15) is 19.7 Å². The van der Waals surface area contributed by atoms with Crippen LogP contribution in [0.2, 0.25) is 0 Å². The molecule has 0 aromatic heterocycles. The molecule has 31 heavy (non-hydrogen) atoms. The minimum absolute atomic E-state index is 0.0243. The van der Waals surface area contributed by atoms with Crippen molar-refractivity contribution in [2.45, 2.75) is 38.1 Å². The van der Waals surface area contributed by atoms with Gasteiger partial charge in [-0.15, -0.1) is 0 Å². The maximum Gasteiger partial charge on any atom is 0.276 e. The van der Waals surface area contributed by atoms with Gasteiger partial charge in [-0.2, -0.15) is 0 Å². The van der Waals surface area contributed by atoms with Gasteiger partial charge in [-0.3, -0.25) is 19.7 Å². The zero-order chi connectivity index (χ0) is 22.2. The summed E-state index contributed by atoms with van der Waals surface area (Å²) in [6.45, 7) is 3.22. The fraction of sp³-hybridized carbons (Fsp3) is 0.333. The first-order valence-corrected chi connectivity index (χ1v) is 10.5. The Morgan fingerprint density at radius 1 is 1.13 bits per heavy atom. The molecule has 0 radical (unpaired) electrons. The number of rotatable bonds is 7. The molecule has 1 aliphatic heterocycles. The monoisotopic (exact) mass is 421 g/mol. The number of likely N-dealkylation sites (tertiary alicyclic amines) is 1. The van der Waals surface area contributed by atoms with E-state index in [1.807, 2.05) is 42.2 Å². The molecule has 2 amide bonds. The van der Waals surface area contributed by atoms with Crippen LogP contribution in [0, 0.1) is 10.1 Å². The molecule has 1 unspecified atom stereocenters. The van der Waals surface area contributed by atoms with Crippen molar-refractivity contribution >= 4 is 23.6 Å². The molecule has 2 aromatic carbocycles. The third-order valence-corrected chi connectivity index (χ3v) is 5.61. The van der Waals surface area contributed by atoms with Crippen LogP contribution in [0.1, 0.15) is 43.2 Å². The van der Waals surface area contributed by atoms with Gasteiger partial charge in [-0.1, -0.05) is 49.4 Å². The van der Waals surface area contributed by atoms with E-state index in [2.05, 4.69) is 5.32 Å². The summed E-state index contributed by atoms with van der Waals surface area (Å²) in [4.78, 5) is 37.7. The van der Waals surface area contributed by atoms with Crippen molar-refractivity contribution in [1.29, 1.82) is 0 Å². The second kappa shape index (κ2) is 10.5. The average molecular weight is 421 g/mol. The number of hydrogen-bond donors (Lipinski definition) is 1. The Balaban J connectivity index is 1.52. The van der Waals surface area contributed by atoms with Crippen molar-refractivity contribution in [2.24, 2.45) is 0 Å². The lowest BCUT2D eigenvalue weighted by Crippen LogP contribution is -2.47.